The van der Waals surface area contributed by atoms with Crippen LogP contribution in [0.1, 0.15) is 51.0 Å². The van der Waals surface area contributed by atoms with Crippen LogP contribution in [0.3, 0.4) is 0 Å². The zero-order valence-electron chi connectivity index (χ0n) is 18.5. The van der Waals surface area contributed by atoms with Crippen molar-refractivity contribution in [3.8, 4) is 0 Å². The van der Waals surface area contributed by atoms with Gasteiger partial charge in [0, 0.05) is 35.9 Å². The van der Waals surface area contributed by atoms with E-state index in [1.54, 1.807) is 6.20 Å². The van der Waals surface area contributed by atoms with Crippen LogP contribution >= 0.6 is 23.4 Å². The maximum atomic E-state index is 13.8. The number of carbonyl (C=O) groups is 1. The van der Waals surface area contributed by atoms with Gasteiger partial charge in [0.15, 0.2) is 5.16 Å². The lowest BCUT2D eigenvalue weighted by Gasteiger charge is -2.60. The van der Waals surface area contributed by atoms with E-state index in [9.17, 15) is 9.59 Å². The third-order valence-corrected chi connectivity index (χ3v) is 8.87. The monoisotopic (exact) mass is 471 g/mol. The van der Waals surface area contributed by atoms with E-state index in [4.69, 9.17) is 11.6 Å². The van der Waals surface area contributed by atoms with Crippen LogP contribution in [-0.2, 0) is 17.9 Å². The minimum absolute atomic E-state index is 0.0272. The molecular formula is C25H30ClN3O2S. The average Bonchev–Trinajstić information content (AvgIpc) is 2.76. The number of thioether (sulfide) groups is 1. The predicted molar refractivity (Wildman–Crippen MR) is 128 cm³/mol. The van der Waals surface area contributed by atoms with Gasteiger partial charge in [-0.1, -0.05) is 35.5 Å². The quantitative estimate of drug-likeness (QED) is 0.421. The molecule has 0 atom stereocenters. The highest BCUT2D eigenvalue weighted by atomic mass is 35.5. The van der Waals surface area contributed by atoms with Gasteiger partial charge in [-0.25, -0.2) is 0 Å². The summed E-state index contributed by atoms with van der Waals surface area (Å²) in [7, 11) is 0. The molecule has 1 amide bonds. The van der Waals surface area contributed by atoms with Crippen molar-refractivity contribution in [3.63, 3.8) is 0 Å². The second-order valence-corrected chi connectivity index (χ2v) is 11.3. The Morgan fingerprint density at radius 1 is 1.12 bits per heavy atom. The Labute approximate surface area is 198 Å². The summed E-state index contributed by atoms with van der Waals surface area (Å²) in [6.07, 6.45) is 9.17. The maximum absolute atomic E-state index is 13.8. The third-order valence-electron chi connectivity index (χ3n) is 7.65. The van der Waals surface area contributed by atoms with Crippen LogP contribution in [0, 0.1) is 17.8 Å². The second-order valence-electron chi connectivity index (χ2n) is 9.87. The molecule has 4 fully saturated rings. The van der Waals surface area contributed by atoms with E-state index in [1.807, 2.05) is 35.8 Å². The topological polar surface area (TPSA) is 55.2 Å². The Morgan fingerprint density at radius 2 is 1.75 bits per heavy atom. The molecular weight excluding hydrogens is 442 g/mol. The maximum Gasteiger partial charge on any atom is 0.273 e. The van der Waals surface area contributed by atoms with E-state index in [0.29, 0.717) is 29.0 Å². The summed E-state index contributed by atoms with van der Waals surface area (Å²) in [5, 5.41) is 1.33. The first-order valence-corrected chi connectivity index (χ1v) is 13.1. The molecule has 170 valence electrons. The molecule has 0 spiro atoms. The molecule has 0 N–H and O–H groups in total. The highest BCUT2D eigenvalue weighted by Crippen LogP contribution is 2.58. The second kappa shape index (κ2) is 8.86. The van der Waals surface area contributed by atoms with E-state index in [2.05, 4.69) is 9.88 Å². The fraction of sp³-hybridized carbons (Fsp3) is 0.560. The predicted octanol–water partition coefficient (Wildman–Crippen LogP) is 5.01. The van der Waals surface area contributed by atoms with E-state index < -0.39 is 0 Å². The summed E-state index contributed by atoms with van der Waals surface area (Å²) < 4.78 is 1.92. The van der Waals surface area contributed by atoms with Crippen LogP contribution in [-0.4, -0.2) is 31.6 Å². The summed E-state index contributed by atoms with van der Waals surface area (Å²) in [6.45, 7) is 3.35. The van der Waals surface area contributed by atoms with Crippen molar-refractivity contribution in [2.75, 3.05) is 5.75 Å². The fourth-order valence-electron chi connectivity index (χ4n) is 6.66. The largest absolute Gasteiger partial charge is 0.332 e. The molecule has 4 bridgehead atoms. The van der Waals surface area contributed by atoms with Gasteiger partial charge >= 0.3 is 0 Å². The van der Waals surface area contributed by atoms with Gasteiger partial charge < -0.3 is 9.47 Å². The van der Waals surface area contributed by atoms with Gasteiger partial charge in [-0.2, -0.15) is 4.98 Å². The van der Waals surface area contributed by atoms with E-state index in [0.717, 1.165) is 42.6 Å². The van der Waals surface area contributed by atoms with Crippen molar-refractivity contribution in [2.45, 2.75) is 69.2 Å². The van der Waals surface area contributed by atoms with E-state index >= 15 is 0 Å². The zero-order valence-corrected chi connectivity index (χ0v) is 20.1. The van der Waals surface area contributed by atoms with Gasteiger partial charge in [0.1, 0.15) is 0 Å². The number of carbonyl (C=O) groups excluding carboxylic acids is 1. The van der Waals surface area contributed by atoms with Gasteiger partial charge in [-0.15, -0.1) is 0 Å². The molecule has 1 aromatic heterocycles. The van der Waals surface area contributed by atoms with Gasteiger partial charge in [0.2, 0.25) is 5.91 Å². The molecule has 32 heavy (non-hydrogen) atoms. The van der Waals surface area contributed by atoms with Crippen molar-refractivity contribution < 1.29 is 4.79 Å². The van der Waals surface area contributed by atoms with Crippen LogP contribution in [0.25, 0.3) is 0 Å². The normalized spacial score (nSPS) is 28.1. The Kier molecular flexibility index (Phi) is 6.10. The lowest BCUT2D eigenvalue weighted by atomic mass is 9.52. The van der Waals surface area contributed by atoms with E-state index in [-0.39, 0.29) is 17.0 Å². The standard InChI is InChI=1S/C25H30ClN3O2S/c1-2-28-8-7-22(30)27-24(28)32-16-23(31)29(15-17-3-5-21(26)6-4-17)25-12-18-9-19(13-25)11-20(10-18)14-25/h3-8,18-20H,2,9-16H2,1H3. The van der Waals surface area contributed by atoms with Crippen molar-refractivity contribution in [1.82, 2.24) is 14.5 Å². The summed E-state index contributed by atoms with van der Waals surface area (Å²) in [6, 6.07) is 9.34. The highest BCUT2D eigenvalue weighted by Gasteiger charge is 2.54. The molecule has 7 heteroatoms. The van der Waals surface area contributed by atoms with Crippen molar-refractivity contribution in [2.24, 2.45) is 17.8 Å². The first-order valence-electron chi connectivity index (χ1n) is 11.7. The lowest BCUT2D eigenvalue weighted by molar-refractivity contribution is -0.149. The number of aromatic nitrogens is 2. The Bertz CT molecular complexity index is 1020. The molecule has 0 radical (unpaired) electrons. The van der Waals surface area contributed by atoms with Crippen molar-refractivity contribution >= 4 is 29.3 Å². The Hall–Kier alpha value is -1.79. The van der Waals surface area contributed by atoms with Crippen molar-refractivity contribution in [3.05, 3.63) is 57.5 Å². The number of nitrogens with zero attached hydrogens (tertiary/aromatic N) is 3. The number of amides is 1. The fourth-order valence-corrected chi connectivity index (χ4v) is 7.71. The summed E-state index contributed by atoms with van der Waals surface area (Å²) >= 11 is 7.49. The molecule has 5 nitrogen and oxygen atoms in total. The SMILES string of the molecule is CCn1ccc(=O)nc1SCC(=O)N(Cc1ccc(Cl)cc1)C12CC3CC(CC(C3)C1)C2. The summed E-state index contributed by atoms with van der Waals surface area (Å²) in [5.74, 6) is 2.72. The summed E-state index contributed by atoms with van der Waals surface area (Å²) in [5.41, 5.74) is 0.830. The zero-order chi connectivity index (χ0) is 22.3. The first-order chi connectivity index (χ1) is 15.4. The lowest BCUT2D eigenvalue weighted by Crippen LogP contribution is -2.61. The van der Waals surface area contributed by atoms with E-state index in [1.165, 1.54) is 37.1 Å². The molecule has 4 aliphatic carbocycles. The van der Waals surface area contributed by atoms with Crippen LogP contribution in [0.2, 0.25) is 5.02 Å². The Morgan fingerprint density at radius 3 is 2.34 bits per heavy atom. The number of benzene rings is 1. The van der Waals surface area contributed by atoms with Crippen LogP contribution in [0.5, 0.6) is 0 Å². The van der Waals surface area contributed by atoms with Gasteiger partial charge in [-0.05, 0) is 80.9 Å². The molecule has 2 aromatic rings. The number of rotatable bonds is 7. The highest BCUT2D eigenvalue weighted by molar-refractivity contribution is 7.99. The number of halogens is 1. The number of hydrogen-bond donors (Lipinski definition) is 0. The molecule has 4 saturated carbocycles. The summed E-state index contributed by atoms with van der Waals surface area (Å²) in [4.78, 5) is 31.9. The number of aryl methyl sites for hydroxylation is 1. The minimum atomic E-state index is -0.260. The molecule has 1 aromatic carbocycles. The number of hydrogen-bond acceptors (Lipinski definition) is 4. The third kappa shape index (κ3) is 4.36. The van der Waals surface area contributed by atoms with Gasteiger partial charge in [0.25, 0.3) is 5.56 Å². The molecule has 4 aliphatic rings. The first kappa shape index (κ1) is 22.0. The molecule has 6 rings (SSSR count). The molecule has 0 saturated heterocycles. The Balaban J connectivity index is 1.41. The van der Waals surface area contributed by atoms with Gasteiger partial charge in [0.05, 0.1) is 5.75 Å². The van der Waals surface area contributed by atoms with Crippen molar-refractivity contribution in [1.29, 1.82) is 0 Å². The van der Waals surface area contributed by atoms with Crippen LogP contribution < -0.4 is 5.56 Å². The molecule has 0 unspecified atom stereocenters. The average molecular weight is 472 g/mol. The van der Waals surface area contributed by atoms with Crippen LogP contribution in [0.4, 0.5) is 0 Å². The van der Waals surface area contributed by atoms with Crippen LogP contribution in [0.15, 0.2) is 46.5 Å². The molecule has 0 aliphatic heterocycles. The molecule has 1 heterocycles. The smallest absolute Gasteiger partial charge is 0.273 e. The minimum Gasteiger partial charge on any atom is -0.332 e. The van der Waals surface area contributed by atoms with Gasteiger partial charge in [-0.3, -0.25) is 9.59 Å².